The van der Waals surface area contributed by atoms with E-state index in [9.17, 15) is 9.59 Å². The lowest BCUT2D eigenvalue weighted by molar-refractivity contribution is -0.127. The SMILES string of the molecule is Cc1ccc(N2C(=O)c3cc(C4CC4)nn3C[C@]2(C)C(=O)NC2CCCCCC2)cc1Cl. The topological polar surface area (TPSA) is 67.2 Å². The highest BCUT2D eigenvalue weighted by atomic mass is 35.5. The van der Waals surface area contributed by atoms with Crippen molar-refractivity contribution in [3.8, 4) is 0 Å². The first-order valence-electron chi connectivity index (χ1n) is 11.9. The van der Waals surface area contributed by atoms with Crippen molar-refractivity contribution >= 4 is 29.1 Å². The highest BCUT2D eigenvalue weighted by molar-refractivity contribution is 6.31. The zero-order chi connectivity index (χ0) is 22.5. The highest BCUT2D eigenvalue weighted by Crippen LogP contribution is 2.41. The first-order valence-corrected chi connectivity index (χ1v) is 12.2. The van der Waals surface area contributed by atoms with Crippen LogP contribution in [-0.4, -0.2) is 33.2 Å². The molecule has 5 rings (SSSR count). The Morgan fingerprint density at radius 3 is 2.50 bits per heavy atom. The molecule has 0 saturated heterocycles. The van der Waals surface area contributed by atoms with Gasteiger partial charge in [0.05, 0.1) is 12.2 Å². The summed E-state index contributed by atoms with van der Waals surface area (Å²) < 4.78 is 1.74. The van der Waals surface area contributed by atoms with Crippen molar-refractivity contribution in [2.45, 2.75) is 89.3 Å². The van der Waals surface area contributed by atoms with Gasteiger partial charge >= 0.3 is 0 Å². The molecule has 6 nitrogen and oxygen atoms in total. The van der Waals surface area contributed by atoms with Gasteiger partial charge < -0.3 is 5.32 Å². The summed E-state index contributed by atoms with van der Waals surface area (Å²) in [4.78, 5) is 29.2. The molecular weight excluding hydrogens is 424 g/mol. The number of amides is 2. The van der Waals surface area contributed by atoms with Gasteiger partial charge in [0, 0.05) is 22.7 Å². The summed E-state index contributed by atoms with van der Waals surface area (Å²) in [5.74, 6) is 0.117. The number of aryl methyl sites for hydroxylation is 1. The third kappa shape index (κ3) is 3.83. The minimum Gasteiger partial charge on any atom is -0.351 e. The van der Waals surface area contributed by atoms with Gasteiger partial charge in [-0.25, -0.2) is 0 Å². The molecule has 7 heteroatoms. The van der Waals surface area contributed by atoms with Crippen molar-refractivity contribution in [1.29, 1.82) is 0 Å². The summed E-state index contributed by atoms with van der Waals surface area (Å²) in [6.45, 7) is 4.11. The molecular formula is C25H31ClN4O2. The maximum absolute atomic E-state index is 13.8. The van der Waals surface area contributed by atoms with E-state index < -0.39 is 5.54 Å². The number of hydrogen-bond acceptors (Lipinski definition) is 3. The predicted molar refractivity (Wildman–Crippen MR) is 125 cm³/mol. The third-order valence-corrected chi connectivity index (χ3v) is 7.67. The van der Waals surface area contributed by atoms with Gasteiger partial charge in [-0.15, -0.1) is 0 Å². The molecule has 0 bridgehead atoms. The van der Waals surface area contributed by atoms with Gasteiger partial charge in [0.1, 0.15) is 11.2 Å². The lowest BCUT2D eigenvalue weighted by Crippen LogP contribution is -2.65. The molecule has 2 amide bonds. The Morgan fingerprint density at radius 1 is 1.12 bits per heavy atom. The minimum atomic E-state index is -1.10. The van der Waals surface area contributed by atoms with Gasteiger partial charge in [-0.3, -0.25) is 19.2 Å². The molecule has 2 aromatic rings. The van der Waals surface area contributed by atoms with Crippen molar-refractivity contribution in [3.63, 3.8) is 0 Å². The number of anilines is 1. The molecule has 1 aromatic heterocycles. The second-order valence-electron chi connectivity index (χ2n) is 9.90. The Hall–Kier alpha value is -2.34. The number of fused-ring (bicyclic) bond motifs is 1. The Bertz CT molecular complexity index is 1050. The summed E-state index contributed by atoms with van der Waals surface area (Å²) in [5.41, 5.74) is 1.99. The Labute approximate surface area is 194 Å². The zero-order valence-electron chi connectivity index (χ0n) is 18.9. The maximum Gasteiger partial charge on any atom is 0.277 e. The van der Waals surface area contributed by atoms with E-state index in [0.717, 1.165) is 49.8 Å². The lowest BCUT2D eigenvalue weighted by Gasteiger charge is -2.43. The van der Waals surface area contributed by atoms with E-state index in [1.54, 1.807) is 15.6 Å². The average molecular weight is 455 g/mol. The first-order chi connectivity index (χ1) is 15.4. The molecule has 0 unspecified atom stereocenters. The molecule has 2 saturated carbocycles. The van der Waals surface area contributed by atoms with E-state index in [1.807, 2.05) is 32.0 Å². The van der Waals surface area contributed by atoms with Crippen LogP contribution in [0.1, 0.15) is 86.0 Å². The van der Waals surface area contributed by atoms with E-state index in [0.29, 0.717) is 28.9 Å². The van der Waals surface area contributed by atoms with Crippen molar-refractivity contribution in [3.05, 3.63) is 46.2 Å². The fourth-order valence-corrected chi connectivity index (χ4v) is 5.24. The standard InChI is InChI=1S/C25H31ClN4O2/c1-16-9-12-19(13-20(16)26)30-23(31)22-14-21(17-10-11-17)28-29(22)15-25(30,2)24(32)27-18-7-5-3-4-6-8-18/h9,12-14,17-18H,3-8,10-11,15H2,1-2H3,(H,27,32)/t25-/m1/s1. The van der Waals surface area contributed by atoms with Crippen LogP contribution in [-0.2, 0) is 11.3 Å². The normalized spacial score (nSPS) is 24.2. The lowest BCUT2D eigenvalue weighted by atomic mass is 9.93. The summed E-state index contributed by atoms with van der Waals surface area (Å²) >= 11 is 6.43. The number of halogens is 1. The average Bonchev–Trinajstić information content (AvgIpc) is 3.56. The number of hydrogen-bond donors (Lipinski definition) is 1. The van der Waals surface area contributed by atoms with Gasteiger partial charge in [0.2, 0.25) is 5.91 Å². The Kier molecular flexibility index (Phi) is 5.52. The van der Waals surface area contributed by atoms with Crippen molar-refractivity contribution in [2.24, 2.45) is 0 Å². The summed E-state index contributed by atoms with van der Waals surface area (Å²) in [7, 11) is 0. The molecule has 1 aromatic carbocycles. The van der Waals surface area contributed by atoms with E-state index in [4.69, 9.17) is 16.7 Å². The number of rotatable bonds is 4. The smallest absolute Gasteiger partial charge is 0.277 e. The number of carbonyl (C=O) groups excluding carboxylic acids is 2. The summed E-state index contributed by atoms with van der Waals surface area (Å²) in [6, 6.07) is 7.63. The van der Waals surface area contributed by atoms with E-state index in [1.165, 1.54) is 12.8 Å². The molecule has 0 radical (unpaired) electrons. The zero-order valence-corrected chi connectivity index (χ0v) is 19.6. The van der Waals surface area contributed by atoms with Crippen LogP contribution in [0.2, 0.25) is 5.02 Å². The largest absolute Gasteiger partial charge is 0.351 e. The molecule has 3 aliphatic rings. The molecule has 2 heterocycles. The van der Waals surface area contributed by atoms with Crippen molar-refractivity contribution in [1.82, 2.24) is 15.1 Å². The Morgan fingerprint density at radius 2 is 1.84 bits per heavy atom. The number of nitrogens with one attached hydrogen (secondary N) is 1. The van der Waals surface area contributed by atoms with Gasteiger partial charge in [0.15, 0.2) is 0 Å². The van der Waals surface area contributed by atoms with E-state index >= 15 is 0 Å². The predicted octanol–water partition coefficient (Wildman–Crippen LogP) is 4.98. The van der Waals surface area contributed by atoms with E-state index in [-0.39, 0.29) is 17.9 Å². The molecule has 1 N–H and O–H groups in total. The first kappa shape index (κ1) is 21.5. The van der Waals surface area contributed by atoms with Crippen LogP contribution in [0.4, 0.5) is 5.69 Å². The minimum absolute atomic E-state index is 0.122. The molecule has 1 atom stereocenters. The highest BCUT2D eigenvalue weighted by Gasteiger charge is 2.49. The molecule has 2 aliphatic carbocycles. The number of carbonyl (C=O) groups is 2. The number of nitrogens with zero attached hydrogens (tertiary/aromatic N) is 3. The van der Waals surface area contributed by atoms with Crippen LogP contribution in [0.25, 0.3) is 0 Å². The van der Waals surface area contributed by atoms with Crippen LogP contribution in [0, 0.1) is 6.92 Å². The second-order valence-corrected chi connectivity index (χ2v) is 10.3. The fourth-order valence-electron chi connectivity index (χ4n) is 5.07. The van der Waals surface area contributed by atoms with Gasteiger partial charge in [-0.2, -0.15) is 5.10 Å². The maximum atomic E-state index is 13.8. The van der Waals surface area contributed by atoms with Crippen LogP contribution < -0.4 is 10.2 Å². The molecule has 2 fully saturated rings. The van der Waals surface area contributed by atoms with Gasteiger partial charge in [-0.05, 0) is 63.3 Å². The second kappa shape index (κ2) is 8.22. The Balaban J connectivity index is 1.53. The molecule has 1 aliphatic heterocycles. The monoisotopic (exact) mass is 454 g/mol. The molecule has 0 spiro atoms. The molecule has 170 valence electrons. The quantitative estimate of drug-likeness (QED) is 0.662. The summed E-state index contributed by atoms with van der Waals surface area (Å²) in [6.07, 6.45) is 8.91. The fraction of sp³-hybridized carbons (Fsp3) is 0.560. The van der Waals surface area contributed by atoms with Gasteiger partial charge in [0.25, 0.3) is 5.91 Å². The molecule has 32 heavy (non-hydrogen) atoms. The van der Waals surface area contributed by atoms with Crippen LogP contribution in [0.3, 0.4) is 0 Å². The van der Waals surface area contributed by atoms with Crippen molar-refractivity contribution in [2.75, 3.05) is 4.90 Å². The number of aromatic nitrogens is 2. The van der Waals surface area contributed by atoms with Crippen molar-refractivity contribution < 1.29 is 9.59 Å². The third-order valence-electron chi connectivity index (χ3n) is 7.26. The summed E-state index contributed by atoms with van der Waals surface area (Å²) in [5, 5.41) is 8.59. The number of benzene rings is 1. The van der Waals surface area contributed by atoms with E-state index in [2.05, 4.69) is 5.32 Å². The van der Waals surface area contributed by atoms with Crippen LogP contribution in [0.15, 0.2) is 24.3 Å². The van der Waals surface area contributed by atoms with Crippen LogP contribution in [0.5, 0.6) is 0 Å². The van der Waals surface area contributed by atoms with Gasteiger partial charge in [-0.1, -0.05) is 43.4 Å². The van der Waals surface area contributed by atoms with Crippen LogP contribution >= 0.6 is 11.6 Å².